The van der Waals surface area contributed by atoms with Crippen molar-refractivity contribution in [1.29, 1.82) is 0 Å². The molecule has 0 bridgehead atoms. The zero-order valence-corrected chi connectivity index (χ0v) is 12.3. The van der Waals surface area contributed by atoms with E-state index in [2.05, 4.69) is 5.10 Å². The third-order valence-electron chi connectivity index (χ3n) is 2.55. The first kappa shape index (κ1) is 13.7. The smallest absolute Gasteiger partial charge is 0.104 e. The van der Waals surface area contributed by atoms with Gasteiger partial charge in [-0.15, -0.1) is 0 Å². The van der Waals surface area contributed by atoms with Crippen LogP contribution >= 0.6 is 35.0 Å². The Morgan fingerprint density at radius 1 is 1.33 bits per heavy atom. The Balaban J connectivity index is 2.36. The first-order valence-electron chi connectivity index (χ1n) is 5.29. The summed E-state index contributed by atoms with van der Waals surface area (Å²) in [6.45, 7) is 1.85. The second kappa shape index (κ2) is 5.53. The lowest BCUT2D eigenvalue weighted by Crippen LogP contribution is -1.93. The second-order valence-corrected chi connectivity index (χ2v) is 5.71. The molecule has 2 aromatic rings. The lowest BCUT2D eigenvalue weighted by Gasteiger charge is -2.05. The van der Waals surface area contributed by atoms with Crippen LogP contribution in [-0.2, 0) is 13.7 Å². The number of aromatic nitrogens is 2. The summed E-state index contributed by atoms with van der Waals surface area (Å²) in [7, 11) is 1.85. The van der Waals surface area contributed by atoms with Crippen molar-refractivity contribution in [3.8, 4) is 0 Å². The molecule has 0 unspecified atom stereocenters. The maximum absolute atomic E-state index is 9.38. The second-order valence-electron chi connectivity index (χ2n) is 3.83. The number of aliphatic hydroxyl groups is 1. The third kappa shape index (κ3) is 2.67. The Bertz CT molecular complexity index is 584. The van der Waals surface area contributed by atoms with Crippen molar-refractivity contribution in [2.75, 3.05) is 0 Å². The summed E-state index contributed by atoms with van der Waals surface area (Å²) < 4.78 is 1.76. The summed E-state index contributed by atoms with van der Waals surface area (Å²) in [5.74, 6) is 0. The Morgan fingerprint density at radius 3 is 2.67 bits per heavy atom. The van der Waals surface area contributed by atoms with Crippen molar-refractivity contribution in [2.24, 2.45) is 7.05 Å². The van der Waals surface area contributed by atoms with E-state index >= 15 is 0 Å². The van der Waals surface area contributed by atoms with Crippen LogP contribution in [0.1, 0.15) is 11.3 Å². The fraction of sp³-hybridized carbons (Fsp3) is 0.250. The Morgan fingerprint density at radius 2 is 2.06 bits per heavy atom. The van der Waals surface area contributed by atoms with E-state index < -0.39 is 0 Å². The van der Waals surface area contributed by atoms with Gasteiger partial charge in [-0.2, -0.15) is 5.10 Å². The van der Waals surface area contributed by atoms with Gasteiger partial charge in [0, 0.05) is 17.5 Å². The molecule has 0 radical (unpaired) electrons. The van der Waals surface area contributed by atoms with E-state index in [-0.39, 0.29) is 6.61 Å². The topological polar surface area (TPSA) is 38.0 Å². The summed E-state index contributed by atoms with van der Waals surface area (Å²) in [6.07, 6.45) is 0. The molecule has 0 atom stereocenters. The van der Waals surface area contributed by atoms with Crippen LogP contribution in [0.3, 0.4) is 0 Å². The minimum absolute atomic E-state index is 0.0245. The summed E-state index contributed by atoms with van der Waals surface area (Å²) in [5.41, 5.74) is 1.68. The molecule has 18 heavy (non-hydrogen) atoms. The molecule has 0 saturated carbocycles. The van der Waals surface area contributed by atoms with Gasteiger partial charge in [-0.3, -0.25) is 4.68 Å². The normalized spacial score (nSPS) is 10.9. The molecule has 3 nitrogen and oxygen atoms in total. The predicted molar refractivity (Wildman–Crippen MR) is 74.5 cm³/mol. The van der Waals surface area contributed by atoms with Gasteiger partial charge in [-0.05, 0) is 25.1 Å². The van der Waals surface area contributed by atoms with E-state index in [0.29, 0.717) is 10.0 Å². The van der Waals surface area contributed by atoms with E-state index in [0.717, 1.165) is 21.2 Å². The van der Waals surface area contributed by atoms with E-state index in [4.69, 9.17) is 23.2 Å². The number of nitrogens with zero attached hydrogens (tertiary/aromatic N) is 2. The minimum Gasteiger partial charge on any atom is -0.392 e. The molecule has 0 amide bonds. The molecule has 0 aliphatic carbocycles. The van der Waals surface area contributed by atoms with Gasteiger partial charge in [0.25, 0.3) is 0 Å². The maximum atomic E-state index is 9.38. The van der Waals surface area contributed by atoms with Crippen molar-refractivity contribution in [1.82, 2.24) is 9.78 Å². The number of aryl methyl sites for hydroxylation is 2. The quantitative estimate of drug-likeness (QED) is 0.940. The first-order chi connectivity index (χ1) is 8.52. The number of hydrogen-bond donors (Lipinski definition) is 1. The number of benzene rings is 1. The molecule has 0 saturated heterocycles. The van der Waals surface area contributed by atoms with Gasteiger partial charge in [-0.1, -0.05) is 35.0 Å². The van der Waals surface area contributed by atoms with Crippen LogP contribution in [0.15, 0.2) is 28.1 Å². The predicted octanol–water partition coefficient (Wildman–Crippen LogP) is 3.68. The Hall–Kier alpha value is -0.680. The largest absolute Gasteiger partial charge is 0.392 e. The highest BCUT2D eigenvalue weighted by atomic mass is 35.5. The van der Waals surface area contributed by atoms with Crippen LogP contribution in [0.4, 0.5) is 0 Å². The van der Waals surface area contributed by atoms with Gasteiger partial charge in [0.15, 0.2) is 0 Å². The number of rotatable bonds is 3. The van der Waals surface area contributed by atoms with E-state index in [1.54, 1.807) is 16.8 Å². The van der Waals surface area contributed by atoms with E-state index in [1.807, 2.05) is 20.0 Å². The highest BCUT2D eigenvalue weighted by Crippen LogP contribution is 2.34. The molecule has 1 heterocycles. The average molecular weight is 303 g/mol. The molecule has 6 heteroatoms. The summed E-state index contributed by atoms with van der Waals surface area (Å²) >= 11 is 13.4. The summed E-state index contributed by atoms with van der Waals surface area (Å²) in [5, 5.41) is 15.6. The maximum Gasteiger partial charge on any atom is 0.104 e. The van der Waals surface area contributed by atoms with E-state index in [1.165, 1.54) is 11.8 Å². The molecular weight excluding hydrogens is 291 g/mol. The van der Waals surface area contributed by atoms with Crippen LogP contribution in [0.5, 0.6) is 0 Å². The van der Waals surface area contributed by atoms with Crippen LogP contribution in [0.25, 0.3) is 0 Å². The van der Waals surface area contributed by atoms with Crippen LogP contribution < -0.4 is 0 Å². The lowest BCUT2D eigenvalue weighted by molar-refractivity contribution is 0.277. The van der Waals surface area contributed by atoms with E-state index in [9.17, 15) is 5.11 Å². The fourth-order valence-electron chi connectivity index (χ4n) is 1.64. The number of aliphatic hydroxyl groups excluding tert-OH is 1. The molecule has 0 fully saturated rings. The van der Waals surface area contributed by atoms with Crippen LogP contribution in [0.2, 0.25) is 10.0 Å². The molecule has 0 spiro atoms. The molecule has 96 valence electrons. The van der Waals surface area contributed by atoms with Gasteiger partial charge in [0.1, 0.15) is 5.03 Å². The highest BCUT2D eigenvalue weighted by Gasteiger charge is 2.14. The van der Waals surface area contributed by atoms with Crippen LogP contribution in [-0.4, -0.2) is 14.9 Å². The van der Waals surface area contributed by atoms with Gasteiger partial charge in [-0.25, -0.2) is 0 Å². The molecular formula is C12H12Cl2N2OS. The van der Waals surface area contributed by atoms with Crippen LogP contribution in [0, 0.1) is 6.92 Å². The van der Waals surface area contributed by atoms with Gasteiger partial charge < -0.3 is 5.11 Å². The third-order valence-corrected chi connectivity index (χ3v) is 4.49. The van der Waals surface area contributed by atoms with Crippen molar-refractivity contribution < 1.29 is 5.11 Å². The Labute approximate surface area is 120 Å². The Kier molecular flexibility index (Phi) is 4.22. The monoisotopic (exact) mass is 302 g/mol. The number of halogens is 2. The molecule has 2 rings (SSSR count). The van der Waals surface area contributed by atoms with Crippen molar-refractivity contribution >= 4 is 35.0 Å². The molecule has 0 aliphatic rings. The average Bonchev–Trinajstić information content (AvgIpc) is 2.58. The van der Waals surface area contributed by atoms with Gasteiger partial charge >= 0.3 is 0 Å². The summed E-state index contributed by atoms with van der Waals surface area (Å²) in [4.78, 5) is 0.960. The zero-order valence-electron chi connectivity index (χ0n) is 9.94. The van der Waals surface area contributed by atoms with Crippen molar-refractivity contribution in [3.63, 3.8) is 0 Å². The molecule has 1 aromatic carbocycles. The first-order valence-corrected chi connectivity index (χ1v) is 6.86. The van der Waals surface area contributed by atoms with Gasteiger partial charge in [0.05, 0.1) is 22.3 Å². The lowest BCUT2D eigenvalue weighted by atomic mass is 10.3. The molecule has 1 N–H and O–H groups in total. The zero-order chi connectivity index (χ0) is 13.3. The standard InChI is InChI=1S/C12H12Cl2N2OS/c1-7-9(6-17)12(16(2)15-7)18-8-3-4-10(13)11(14)5-8/h3-5,17H,6H2,1-2H3. The highest BCUT2D eigenvalue weighted by molar-refractivity contribution is 7.99. The number of hydrogen-bond acceptors (Lipinski definition) is 3. The fourth-order valence-corrected chi connectivity index (χ4v) is 3.05. The van der Waals surface area contributed by atoms with Crippen molar-refractivity contribution in [2.45, 2.75) is 23.5 Å². The van der Waals surface area contributed by atoms with Gasteiger partial charge in [0.2, 0.25) is 0 Å². The summed E-state index contributed by atoms with van der Waals surface area (Å²) in [6, 6.07) is 5.45. The SMILES string of the molecule is Cc1nn(C)c(Sc2ccc(Cl)c(Cl)c2)c1CO. The molecule has 0 aliphatic heterocycles. The molecule has 1 aromatic heterocycles. The van der Waals surface area contributed by atoms with Crippen molar-refractivity contribution in [3.05, 3.63) is 39.5 Å². The minimum atomic E-state index is -0.0245.